The van der Waals surface area contributed by atoms with Crippen molar-refractivity contribution in [1.29, 1.82) is 0 Å². The molecule has 130 valence electrons. The van der Waals surface area contributed by atoms with E-state index in [9.17, 15) is 4.79 Å². The number of aromatic amines is 1. The molecule has 0 radical (unpaired) electrons. The third-order valence-corrected chi connectivity index (χ3v) is 5.63. The maximum absolute atomic E-state index is 12.9. The number of carbonyl (C=O) groups excluding carboxylic acids is 1. The zero-order chi connectivity index (χ0) is 18.3. The fraction of sp³-hybridized carbons (Fsp3) is 0.0556. The van der Waals surface area contributed by atoms with Crippen molar-refractivity contribution in [2.24, 2.45) is 0 Å². The standard InChI is InChI=1S/C18H14BrN5OS/c1-9-3-2-4-11(19)14(9)15(25)16-17(20)24-18(26-16)23-10-5-6-12-13(7-10)22-8-21-12/h2-8H,20H2,1H3,(H,21,22)(H,23,24). The van der Waals surface area contributed by atoms with E-state index in [-0.39, 0.29) is 11.6 Å². The Morgan fingerprint density at radius 2 is 2.15 bits per heavy atom. The van der Waals surface area contributed by atoms with Gasteiger partial charge in [-0.1, -0.05) is 39.4 Å². The predicted octanol–water partition coefficient (Wildman–Crippen LogP) is 4.65. The van der Waals surface area contributed by atoms with Crippen molar-refractivity contribution in [3.63, 3.8) is 0 Å². The van der Waals surface area contributed by atoms with Gasteiger partial charge in [-0.3, -0.25) is 4.79 Å². The van der Waals surface area contributed by atoms with Crippen LogP contribution in [0.4, 0.5) is 16.6 Å². The fourth-order valence-corrected chi connectivity index (χ4v) is 4.21. The Morgan fingerprint density at radius 1 is 1.31 bits per heavy atom. The molecule has 8 heteroatoms. The number of anilines is 3. The highest BCUT2D eigenvalue weighted by molar-refractivity contribution is 9.10. The number of benzene rings is 2. The molecule has 0 spiro atoms. The largest absolute Gasteiger partial charge is 0.382 e. The normalized spacial score (nSPS) is 11.0. The summed E-state index contributed by atoms with van der Waals surface area (Å²) in [6.45, 7) is 1.90. The topological polar surface area (TPSA) is 96.7 Å². The molecule has 0 fully saturated rings. The van der Waals surface area contributed by atoms with Gasteiger partial charge in [-0.2, -0.15) is 0 Å². The summed E-state index contributed by atoms with van der Waals surface area (Å²) in [7, 11) is 0. The molecule has 0 aliphatic rings. The molecule has 2 heterocycles. The van der Waals surface area contributed by atoms with Crippen LogP contribution in [0.15, 0.2) is 47.2 Å². The number of aromatic nitrogens is 3. The van der Waals surface area contributed by atoms with Crippen LogP contribution in [0.1, 0.15) is 20.8 Å². The molecule has 0 aliphatic carbocycles. The van der Waals surface area contributed by atoms with E-state index < -0.39 is 0 Å². The molecule has 2 aromatic carbocycles. The number of ketones is 1. The number of hydrogen-bond acceptors (Lipinski definition) is 6. The van der Waals surface area contributed by atoms with Crippen LogP contribution in [0.25, 0.3) is 11.0 Å². The van der Waals surface area contributed by atoms with Gasteiger partial charge in [0.25, 0.3) is 0 Å². The van der Waals surface area contributed by atoms with Gasteiger partial charge in [-0.15, -0.1) is 0 Å². The summed E-state index contributed by atoms with van der Waals surface area (Å²) in [4.78, 5) is 24.9. The van der Waals surface area contributed by atoms with Crippen LogP contribution in [0.5, 0.6) is 0 Å². The highest BCUT2D eigenvalue weighted by Gasteiger charge is 2.21. The molecule has 4 N–H and O–H groups in total. The Balaban J connectivity index is 1.65. The maximum Gasteiger partial charge on any atom is 0.208 e. The third kappa shape index (κ3) is 2.97. The SMILES string of the molecule is Cc1cccc(Br)c1C(=O)c1sc(Nc2ccc3nc[nH]c3c2)nc1N. The lowest BCUT2D eigenvalue weighted by atomic mass is 10.0. The van der Waals surface area contributed by atoms with E-state index in [1.54, 1.807) is 6.33 Å². The number of rotatable bonds is 4. The highest BCUT2D eigenvalue weighted by Crippen LogP contribution is 2.32. The molecule has 4 rings (SSSR count). The van der Waals surface area contributed by atoms with Crippen LogP contribution >= 0.6 is 27.3 Å². The van der Waals surface area contributed by atoms with Gasteiger partial charge in [0, 0.05) is 15.7 Å². The second kappa shape index (κ2) is 6.54. The Kier molecular flexibility index (Phi) is 4.21. The van der Waals surface area contributed by atoms with E-state index in [2.05, 4.69) is 36.2 Å². The Labute approximate surface area is 161 Å². The monoisotopic (exact) mass is 427 g/mol. The Morgan fingerprint density at radius 3 is 2.96 bits per heavy atom. The predicted molar refractivity (Wildman–Crippen MR) is 108 cm³/mol. The summed E-state index contributed by atoms with van der Waals surface area (Å²) in [6.07, 6.45) is 1.65. The van der Waals surface area contributed by atoms with Gasteiger partial charge in [0.05, 0.1) is 17.4 Å². The van der Waals surface area contributed by atoms with Crippen molar-refractivity contribution >= 4 is 60.7 Å². The minimum Gasteiger partial charge on any atom is -0.382 e. The minimum atomic E-state index is -0.137. The first-order valence-corrected chi connectivity index (χ1v) is 9.40. The number of thiazole rings is 1. The number of nitrogens with one attached hydrogen (secondary N) is 2. The number of H-pyrrole nitrogens is 1. The molecular weight excluding hydrogens is 414 g/mol. The average molecular weight is 428 g/mol. The molecule has 6 nitrogen and oxygen atoms in total. The van der Waals surface area contributed by atoms with Crippen LogP contribution in [-0.4, -0.2) is 20.7 Å². The van der Waals surface area contributed by atoms with Crippen molar-refractivity contribution in [2.75, 3.05) is 11.1 Å². The number of halogens is 1. The van der Waals surface area contributed by atoms with Crippen molar-refractivity contribution in [3.05, 3.63) is 63.2 Å². The second-order valence-electron chi connectivity index (χ2n) is 5.75. The van der Waals surface area contributed by atoms with Crippen LogP contribution in [-0.2, 0) is 0 Å². The lowest BCUT2D eigenvalue weighted by molar-refractivity contribution is 0.104. The number of hydrogen-bond donors (Lipinski definition) is 3. The fourth-order valence-electron chi connectivity index (χ4n) is 2.72. The smallest absolute Gasteiger partial charge is 0.208 e. The number of imidazole rings is 1. The molecule has 0 unspecified atom stereocenters. The van der Waals surface area contributed by atoms with Crippen LogP contribution in [0.2, 0.25) is 0 Å². The van der Waals surface area contributed by atoms with Crippen LogP contribution < -0.4 is 11.1 Å². The maximum atomic E-state index is 12.9. The summed E-state index contributed by atoms with van der Waals surface area (Å²) in [5.41, 5.74) is 10.1. The third-order valence-electron chi connectivity index (χ3n) is 3.98. The van der Waals surface area contributed by atoms with E-state index in [1.165, 1.54) is 11.3 Å². The van der Waals surface area contributed by atoms with Crippen molar-refractivity contribution in [2.45, 2.75) is 6.92 Å². The molecule has 0 bridgehead atoms. The van der Waals surface area contributed by atoms with E-state index in [1.807, 2.05) is 43.3 Å². The quantitative estimate of drug-likeness (QED) is 0.412. The van der Waals surface area contributed by atoms with Crippen molar-refractivity contribution in [1.82, 2.24) is 15.0 Å². The van der Waals surface area contributed by atoms with E-state index in [4.69, 9.17) is 5.73 Å². The average Bonchev–Trinajstić information content (AvgIpc) is 3.20. The first-order chi connectivity index (χ1) is 12.5. The molecule has 0 amide bonds. The number of fused-ring (bicyclic) bond motifs is 1. The summed E-state index contributed by atoms with van der Waals surface area (Å²) in [5, 5.41) is 3.76. The summed E-state index contributed by atoms with van der Waals surface area (Å²) >= 11 is 4.69. The molecule has 0 aliphatic heterocycles. The number of nitrogen functional groups attached to an aromatic ring is 1. The first kappa shape index (κ1) is 16.7. The summed E-state index contributed by atoms with van der Waals surface area (Å²) in [6, 6.07) is 11.4. The number of nitrogens with zero attached hydrogens (tertiary/aromatic N) is 2. The van der Waals surface area contributed by atoms with E-state index in [0.29, 0.717) is 15.6 Å². The molecule has 26 heavy (non-hydrogen) atoms. The first-order valence-electron chi connectivity index (χ1n) is 7.79. The van der Waals surface area contributed by atoms with Gasteiger partial charge >= 0.3 is 0 Å². The van der Waals surface area contributed by atoms with Gasteiger partial charge < -0.3 is 16.0 Å². The van der Waals surface area contributed by atoms with Gasteiger partial charge in [0.15, 0.2) is 5.13 Å². The highest BCUT2D eigenvalue weighted by atomic mass is 79.9. The van der Waals surface area contributed by atoms with Gasteiger partial charge in [-0.25, -0.2) is 9.97 Å². The Hall–Kier alpha value is -2.71. The molecule has 4 aromatic rings. The molecule has 0 atom stereocenters. The Bertz CT molecular complexity index is 1110. The summed E-state index contributed by atoms with van der Waals surface area (Å²) in [5.74, 6) is 0.0855. The lowest BCUT2D eigenvalue weighted by Crippen LogP contribution is -2.05. The lowest BCUT2D eigenvalue weighted by Gasteiger charge is -2.06. The number of carbonyl (C=O) groups is 1. The minimum absolute atomic E-state index is 0.137. The molecule has 0 saturated heterocycles. The van der Waals surface area contributed by atoms with Gasteiger partial charge in [0.2, 0.25) is 5.78 Å². The van der Waals surface area contributed by atoms with E-state index in [0.717, 1.165) is 26.8 Å². The number of aryl methyl sites for hydroxylation is 1. The second-order valence-corrected chi connectivity index (χ2v) is 7.61. The number of nitrogens with two attached hydrogens (primary N) is 1. The molecule has 2 aromatic heterocycles. The van der Waals surface area contributed by atoms with Crippen LogP contribution in [0.3, 0.4) is 0 Å². The van der Waals surface area contributed by atoms with Crippen LogP contribution in [0, 0.1) is 6.92 Å². The van der Waals surface area contributed by atoms with E-state index >= 15 is 0 Å². The van der Waals surface area contributed by atoms with Crippen molar-refractivity contribution in [3.8, 4) is 0 Å². The van der Waals surface area contributed by atoms with Gasteiger partial charge in [0.1, 0.15) is 10.7 Å². The summed E-state index contributed by atoms with van der Waals surface area (Å²) < 4.78 is 0.745. The molecule has 0 saturated carbocycles. The zero-order valence-electron chi connectivity index (χ0n) is 13.7. The zero-order valence-corrected chi connectivity index (χ0v) is 16.1. The van der Waals surface area contributed by atoms with Crippen molar-refractivity contribution < 1.29 is 4.79 Å². The molecular formula is C18H14BrN5OS. The van der Waals surface area contributed by atoms with Gasteiger partial charge in [-0.05, 0) is 36.8 Å².